The zero-order chi connectivity index (χ0) is 9.14. The highest BCUT2D eigenvalue weighted by atomic mass is 16.2. The monoisotopic (exact) mass is 168 g/mol. The van der Waals surface area contributed by atoms with E-state index in [2.05, 4.69) is 4.98 Å². The largest absolute Gasteiger partial charge is 0.325 e. The molecule has 0 aromatic carbocycles. The van der Waals surface area contributed by atoms with Gasteiger partial charge in [0, 0.05) is 18.2 Å². The third kappa shape index (κ3) is 2.19. The van der Waals surface area contributed by atoms with Gasteiger partial charge in [0.1, 0.15) is 5.78 Å². The van der Waals surface area contributed by atoms with Crippen molar-refractivity contribution in [3.63, 3.8) is 0 Å². The minimum absolute atomic E-state index is 0.0825. The van der Waals surface area contributed by atoms with E-state index in [4.69, 9.17) is 0 Å². The van der Waals surface area contributed by atoms with Gasteiger partial charge in [0.15, 0.2) is 0 Å². The Morgan fingerprint density at radius 3 is 2.58 bits per heavy atom. The molecular formula is C7H8N2O3. The summed E-state index contributed by atoms with van der Waals surface area (Å²) in [6, 6.07) is 1.20. The van der Waals surface area contributed by atoms with Crippen molar-refractivity contribution in [2.45, 2.75) is 13.3 Å². The van der Waals surface area contributed by atoms with Crippen LogP contribution in [0.25, 0.3) is 0 Å². The molecule has 0 saturated carbocycles. The van der Waals surface area contributed by atoms with Crippen molar-refractivity contribution in [1.82, 2.24) is 9.97 Å². The van der Waals surface area contributed by atoms with Gasteiger partial charge in [-0.1, -0.05) is 0 Å². The summed E-state index contributed by atoms with van der Waals surface area (Å²) in [5.74, 6) is -0.101. The van der Waals surface area contributed by atoms with E-state index in [9.17, 15) is 14.4 Å². The first-order valence-electron chi connectivity index (χ1n) is 3.40. The molecule has 64 valence electrons. The Morgan fingerprint density at radius 1 is 1.42 bits per heavy atom. The summed E-state index contributed by atoms with van der Waals surface area (Å²) in [7, 11) is 0. The van der Waals surface area contributed by atoms with Crippen LogP contribution < -0.4 is 11.2 Å². The molecule has 0 aliphatic carbocycles. The van der Waals surface area contributed by atoms with Crippen molar-refractivity contribution in [2.24, 2.45) is 0 Å². The van der Waals surface area contributed by atoms with E-state index in [1.54, 1.807) is 0 Å². The van der Waals surface area contributed by atoms with Crippen molar-refractivity contribution in [3.8, 4) is 0 Å². The molecule has 0 spiro atoms. The minimum Gasteiger partial charge on any atom is -0.311 e. The molecule has 1 aromatic heterocycles. The number of H-pyrrole nitrogens is 2. The summed E-state index contributed by atoms with van der Waals surface area (Å²) in [6.07, 6.45) is 0.0825. The average Bonchev–Trinajstić information content (AvgIpc) is 1.81. The summed E-state index contributed by atoms with van der Waals surface area (Å²) in [6.45, 7) is 1.39. The van der Waals surface area contributed by atoms with Gasteiger partial charge >= 0.3 is 5.69 Å². The van der Waals surface area contributed by atoms with Crippen molar-refractivity contribution in [1.29, 1.82) is 0 Å². The maximum atomic E-state index is 10.7. The molecule has 5 heteroatoms. The molecule has 0 amide bonds. The second-order valence-electron chi connectivity index (χ2n) is 2.49. The van der Waals surface area contributed by atoms with Crippen molar-refractivity contribution in [3.05, 3.63) is 32.6 Å². The van der Waals surface area contributed by atoms with Crippen LogP contribution >= 0.6 is 0 Å². The van der Waals surface area contributed by atoms with Crippen LogP contribution in [0.3, 0.4) is 0 Å². The zero-order valence-electron chi connectivity index (χ0n) is 6.51. The highest BCUT2D eigenvalue weighted by Crippen LogP contribution is 1.87. The first-order chi connectivity index (χ1) is 5.58. The van der Waals surface area contributed by atoms with Gasteiger partial charge in [-0.2, -0.15) is 0 Å². The van der Waals surface area contributed by atoms with E-state index in [0.717, 1.165) is 0 Å². The van der Waals surface area contributed by atoms with Gasteiger partial charge < -0.3 is 4.98 Å². The van der Waals surface area contributed by atoms with Gasteiger partial charge in [0.25, 0.3) is 5.56 Å². The topological polar surface area (TPSA) is 82.8 Å². The summed E-state index contributed by atoms with van der Waals surface area (Å²) in [4.78, 5) is 36.3. The lowest BCUT2D eigenvalue weighted by atomic mass is 10.2. The fraction of sp³-hybridized carbons (Fsp3) is 0.286. The lowest BCUT2D eigenvalue weighted by Crippen LogP contribution is -2.23. The van der Waals surface area contributed by atoms with Crippen LogP contribution in [0, 0.1) is 0 Å². The molecule has 1 aromatic rings. The Morgan fingerprint density at radius 2 is 2.08 bits per heavy atom. The number of nitrogens with one attached hydrogen (secondary N) is 2. The molecule has 0 aliphatic rings. The van der Waals surface area contributed by atoms with Gasteiger partial charge in [-0.3, -0.25) is 14.6 Å². The molecule has 2 N–H and O–H groups in total. The zero-order valence-corrected chi connectivity index (χ0v) is 6.51. The molecule has 0 radical (unpaired) electrons. The number of rotatable bonds is 2. The van der Waals surface area contributed by atoms with E-state index in [1.165, 1.54) is 13.0 Å². The Hall–Kier alpha value is -1.65. The smallest absolute Gasteiger partial charge is 0.311 e. The Bertz CT molecular complexity index is 373. The molecule has 0 saturated heterocycles. The van der Waals surface area contributed by atoms with Crippen LogP contribution in [0.2, 0.25) is 0 Å². The molecule has 5 nitrogen and oxygen atoms in total. The lowest BCUT2D eigenvalue weighted by Gasteiger charge is -1.94. The average molecular weight is 168 g/mol. The predicted octanol–water partition coefficient (Wildman–Crippen LogP) is -0.805. The summed E-state index contributed by atoms with van der Waals surface area (Å²) in [5, 5.41) is 0. The van der Waals surface area contributed by atoms with E-state index >= 15 is 0 Å². The van der Waals surface area contributed by atoms with Gasteiger partial charge in [-0.15, -0.1) is 0 Å². The number of hydrogen-bond acceptors (Lipinski definition) is 3. The second-order valence-corrected chi connectivity index (χ2v) is 2.49. The van der Waals surface area contributed by atoms with Crippen LogP contribution in [0.4, 0.5) is 0 Å². The fourth-order valence-electron chi connectivity index (χ4n) is 0.883. The fourth-order valence-corrected chi connectivity index (χ4v) is 0.883. The van der Waals surface area contributed by atoms with E-state index in [-0.39, 0.29) is 12.2 Å². The standard InChI is InChI=1S/C7H8N2O3/c1-4(10)2-5-3-6(11)9-7(12)8-5/h3H,2H2,1H3,(H2,8,9,11,12). The molecule has 1 heterocycles. The van der Waals surface area contributed by atoms with Gasteiger partial charge in [0.05, 0.1) is 0 Å². The third-order valence-corrected chi connectivity index (χ3v) is 1.26. The van der Waals surface area contributed by atoms with Crippen LogP contribution in [0.15, 0.2) is 15.7 Å². The third-order valence-electron chi connectivity index (χ3n) is 1.26. The van der Waals surface area contributed by atoms with Crippen LogP contribution in [-0.2, 0) is 11.2 Å². The van der Waals surface area contributed by atoms with Crippen molar-refractivity contribution < 1.29 is 4.79 Å². The summed E-state index contributed by atoms with van der Waals surface area (Å²) >= 11 is 0. The first kappa shape index (κ1) is 8.45. The van der Waals surface area contributed by atoms with Crippen LogP contribution in [0.1, 0.15) is 12.6 Å². The molecule has 0 aliphatic heterocycles. The molecule has 12 heavy (non-hydrogen) atoms. The quantitative estimate of drug-likeness (QED) is 0.606. The number of Topliss-reactive ketones (excluding diaryl/α,β-unsaturated/α-hetero) is 1. The predicted molar refractivity (Wildman–Crippen MR) is 42.1 cm³/mol. The number of carbonyl (C=O) groups is 1. The molecular weight excluding hydrogens is 160 g/mol. The van der Waals surface area contributed by atoms with Gasteiger partial charge in [0.2, 0.25) is 0 Å². The number of aromatic nitrogens is 2. The van der Waals surface area contributed by atoms with E-state index in [0.29, 0.717) is 5.69 Å². The van der Waals surface area contributed by atoms with Crippen molar-refractivity contribution >= 4 is 5.78 Å². The maximum Gasteiger partial charge on any atom is 0.325 e. The molecule has 0 fully saturated rings. The minimum atomic E-state index is -0.584. The SMILES string of the molecule is CC(=O)Cc1cc(=O)[nH]c(=O)[nH]1. The van der Waals surface area contributed by atoms with Crippen molar-refractivity contribution in [2.75, 3.05) is 0 Å². The molecule has 0 atom stereocenters. The first-order valence-corrected chi connectivity index (χ1v) is 3.40. The number of ketones is 1. The summed E-state index contributed by atoms with van der Waals surface area (Å²) in [5.41, 5.74) is -0.731. The highest BCUT2D eigenvalue weighted by Gasteiger charge is 1.99. The number of carbonyl (C=O) groups excluding carboxylic acids is 1. The molecule has 1 rings (SSSR count). The number of hydrogen-bond donors (Lipinski definition) is 2. The second kappa shape index (κ2) is 3.17. The molecule has 0 unspecified atom stereocenters. The van der Waals surface area contributed by atoms with E-state index < -0.39 is 11.2 Å². The normalized spacial score (nSPS) is 9.75. The van der Waals surface area contributed by atoms with Gasteiger partial charge in [-0.25, -0.2) is 4.79 Å². The highest BCUT2D eigenvalue weighted by molar-refractivity contribution is 5.77. The van der Waals surface area contributed by atoms with Crippen LogP contribution in [0.5, 0.6) is 0 Å². The van der Waals surface area contributed by atoms with Crippen LogP contribution in [-0.4, -0.2) is 15.8 Å². The lowest BCUT2D eigenvalue weighted by molar-refractivity contribution is -0.116. The number of aromatic amines is 2. The van der Waals surface area contributed by atoms with E-state index in [1.807, 2.05) is 4.98 Å². The van der Waals surface area contributed by atoms with Gasteiger partial charge in [-0.05, 0) is 6.92 Å². The Labute approximate surface area is 67.5 Å². The summed E-state index contributed by atoms with van der Waals surface area (Å²) < 4.78 is 0. The Kier molecular flexibility index (Phi) is 2.23. The maximum absolute atomic E-state index is 10.7. The Balaban J connectivity index is 3.09. The molecule has 0 bridgehead atoms.